The van der Waals surface area contributed by atoms with Gasteiger partial charge in [0.2, 0.25) is 0 Å². The first-order valence-electron chi connectivity index (χ1n) is 4.88. The zero-order chi connectivity index (χ0) is 12.6. The van der Waals surface area contributed by atoms with Gasteiger partial charge in [0.05, 0.1) is 0 Å². The molecule has 0 aliphatic carbocycles. The molecule has 0 aliphatic heterocycles. The molecule has 1 N–H and O–H groups in total. The van der Waals surface area contributed by atoms with Crippen LogP contribution in [0.2, 0.25) is 0 Å². The van der Waals surface area contributed by atoms with E-state index in [4.69, 9.17) is 12.2 Å². The van der Waals surface area contributed by atoms with E-state index in [1.165, 1.54) is 0 Å². The van der Waals surface area contributed by atoms with Gasteiger partial charge in [-0.2, -0.15) is 0 Å². The average molecular weight is 375 g/mol. The average Bonchev–Trinajstić information content (AvgIpc) is 2.25. The highest BCUT2D eigenvalue weighted by atomic mass is 79.9. The van der Waals surface area contributed by atoms with Gasteiger partial charge in [-0.25, -0.2) is 4.98 Å². The van der Waals surface area contributed by atoms with Gasteiger partial charge < -0.3 is 4.98 Å². The Morgan fingerprint density at radius 1 is 1.29 bits per heavy atom. The monoisotopic (exact) mass is 373 g/mol. The number of halogens is 2. The molecule has 17 heavy (non-hydrogen) atoms. The topological polar surface area (TPSA) is 41.6 Å². The van der Waals surface area contributed by atoms with Crippen molar-refractivity contribution in [2.45, 2.75) is 13.8 Å². The summed E-state index contributed by atoms with van der Waals surface area (Å²) in [5.41, 5.74) is 2.76. The minimum Gasteiger partial charge on any atom is -0.342 e. The fourth-order valence-electron chi connectivity index (χ4n) is 1.35. The van der Waals surface area contributed by atoms with Crippen LogP contribution in [-0.4, -0.2) is 15.0 Å². The maximum absolute atomic E-state index is 5.21. The first kappa shape index (κ1) is 12.9. The van der Waals surface area contributed by atoms with E-state index < -0.39 is 0 Å². The standard InChI is InChI=1S/C11H9Br2N3S/c1-5-6(2)15-10(16-11(5)17)9-8(13)3-7(12)4-14-9/h3-4H,1-2H3,(H,15,16,17). The van der Waals surface area contributed by atoms with E-state index in [2.05, 4.69) is 46.8 Å². The summed E-state index contributed by atoms with van der Waals surface area (Å²) >= 11 is 12.0. The number of nitrogens with zero attached hydrogens (tertiary/aromatic N) is 2. The maximum Gasteiger partial charge on any atom is 0.158 e. The molecule has 2 aromatic heterocycles. The van der Waals surface area contributed by atoms with Crippen LogP contribution in [0.15, 0.2) is 21.2 Å². The fraction of sp³-hybridized carbons (Fsp3) is 0.182. The third-order valence-corrected chi connectivity index (χ3v) is 3.87. The Hall–Kier alpha value is -0.590. The molecule has 0 amide bonds. The van der Waals surface area contributed by atoms with Gasteiger partial charge in [-0.3, -0.25) is 4.98 Å². The lowest BCUT2D eigenvalue weighted by molar-refractivity contribution is 1.04. The van der Waals surface area contributed by atoms with Crippen LogP contribution in [0.5, 0.6) is 0 Å². The highest BCUT2D eigenvalue weighted by Gasteiger charge is 2.09. The molecule has 2 heterocycles. The van der Waals surface area contributed by atoms with E-state index >= 15 is 0 Å². The molecule has 0 saturated carbocycles. The van der Waals surface area contributed by atoms with Gasteiger partial charge in [-0.1, -0.05) is 12.2 Å². The van der Waals surface area contributed by atoms with Crippen LogP contribution in [-0.2, 0) is 0 Å². The van der Waals surface area contributed by atoms with Crippen LogP contribution in [0.1, 0.15) is 11.3 Å². The molecule has 2 rings (SSSR count). The van der Waals surface area contributed by atoms with Crippen molar-refractivity contribution < 1.29 is 0 Å². The number of hydrogen-bond acceptors (Lipinski definition) is 3. The number of aromatic nitrogens is 3. The van der Waals surface area contributed by atoms with Gasteiger partial charge in [-0.05, 0) is 51.8 Å². The Balaban J connectivity index is 2.65. The highest BCUT2D eigenvalue weighted by Crippen LogP contribution is 2.26. The summed E-state index contributed by atoms with van der Waals surface area (Å²) in [5, 5.41) is 0. The second-order valence-electron chi connectivity index (χ2n) is 3.62. The lowest BCUT2D eigenvalue weighted by Gasteiger charge is -2.07. The van der Waals surface area contributed by atoms with Gasteiger partial charge in [0.25, 0.3) is 0 Å². The van der Waals surface area contributed by atoms with Crippen molar-refractivity contribution in [1.29, 1.82) is 0 Å². The lowest BCUT2D eigenvalue weighted by atomic mass is 10.2. The molecule has 3 nitrogen and oxygen atoms in total. The Bertz CT molecular complexity index is 637. The summed E-state index contributed by atoms with van der Waals surface area (Å²) in [6, 6.07) is 1.93. The molecule has 0 spiro atoms. The van der Waals surface area contributed by atoms with Crippen LogP contribution in [0.4, 0.5) is 0 Å². The molecule has 0 atom stereocenters. The molecular formula is C11H9Br2N3S. The van der Waals surface area contributed by atoms with E-state index in [0.29, 0.717) is 10.5 Å². The summed E-state index contributed by atoms with van der Waals surface area (Å²) < 4.78 is 2.39. The van der Waals surface area contributed by atoms with Crippen LogP contribution >= 0.6 is 44.1 Å². The van der Waals surface area contributed by atoms with Gasteiger partial charge in [0, 0.05) is 26.4 Å². The zero-order valence-electron chi connectivity index (χ0n) is 9.21. The molecule has 0 bridgehead atoms. The zero-order valence-corrected chi connectivity index (χ0v) is 13.2. The Morgan fingerprint density at radius 3 is 2.59 bits per heavy atom. The smallest absolute Gasteiger partial charge is 0.158 e. The van der Waals surface area contributed by atoms with Crippen molar-refractivity contribution in [2.24, 2.45) is 0 Å². The molecule has 88 valence electrons. The van der Waals surface area contributed by atoms with Crippen LogP contribution in [0.3, 0.4) is 0 Å². The summed E-state index contributed by atoms with van der Waals surface area (Å²) in [4.78, 5) is 11.9. The van der Waals surface area contributed by atoms with E-state index in [1.807, 2.05) is 19.9 Å². The van der Waals surface area contributed by atoms with E-state index in [0.717, 1.165) is 25.9 Å². The van der Waals surface area contributed by atoms with Crippen LogP contribution < -0.4 is 0 Å². The van der Waals surface area contributed by atoms with Crippen molar-refractivity contribution in [3.8, 4) is 11.5 Å². The first-order chi connectivity index (χ1) is 7.99. The van der Waals surface area contributed by atoms with Gasteiger partial charge in [0.15, 0.2) is 5.82 Å². The van der Waals surface area contributed by atoms with Gasteiger partial charge in [0.1, 0.15) is 10.3 Å². The van der Waals surface area contributed by atoms with E-state index in [-0.39, 0.29) is 0 Å². The minimum absolute atomic E-state index is 0.605. The molecule has 0 radical (unpaired) electrons. The van der Waals surface area contributed by atoms with Gasteiger partial charge >= 0.3 is 0 Å². The summed E-state index contributed by atoms with van der Waals surface area (Å²) in [6.07, 6.45) is 1.73. The predicted octanol–water partition coefficient (Wildman–Crippen LogP) is 4.34. The van der Waals surface area contributed by atoms with Crippen LogP contribution in [0.25, 0.3) is 11.5 Å². The second-order valence-corrected chi connectivity index (χ2v) is 5.78. The molecule has 6 heteroatoms. The maximum atomic E-state index is 5.21. The van der Waals surface area contributed by atoms with Crippen molar-refractivity contribution in [1.82, 2.24) is 15.0 Å². The number of aromatic amines is 1. The van der Waals surface area contributed by atoms with E-state index in [9.17, 15) is 0 Å². The van der Waals surface area contributed by atoms with E-state index in [1.54, 1.807) is 6.20 Å². The largest absolute Gasteiger partial charge is 0.342 e. The van der Waals surface area contributed by atoms with Crippen molar-refractivity contribution >= 4 is 44.1 Å². The molecule has 0 unspecified atom stereocenters. The Kier molecular flexibility index (Phi) is 3.75. The predicted molar refractivity (Wildman–Crippen MR) is 77.5 cm³/mol. The number of aryl methyl sites for hydroxylation is 1. The quantitative estimate of drug-likeness (QED) is 0.754. The van der Waals surface area contributed by atoms with Crippen molar-refractivity contribution in [2.75, 3.05) is 0 Å². The molecule has 0 saturated heterocycles. The Labute approximate surface area is 121 Å². The number of rotatable bonds is 1. The highest BCUT2D eigenvalue weighted by molar-refractivity contribution is 9.11. The summed E-state index contributed by atoms with van der Waals surface area (Å²) in [5.74, 6) is 0.678. The SMILES string of the molecule is Cc1[nH]c(-c2ncc(Br)cc2Br)nc(=S)c1C. The summed E-state index contributed by atoms with van der Waals surface area (Å²) in [7, 11) is 0. The first-order valence-corrected chi connectivity index (χ1v) is 6.87. The summed E-state index contributed by atoms with van der Waals surface area (Å²) in [6.45, 7) is 3.93. The molecule has 0 aliphatic rings. The fourth-order valence-corrected chi connectivity index (χ4v) is 2.77. The number of nitrogens with one attached hydrogen (secondary N) is 1. The minimum atomic E-state index is 0.605. The second kappa shape index (κ2) is 4.96. The third-order valence-electron chi connectivity index (χ3n) is 2.43. The van der Waals surface area contributed by atoms with Crippen molar-refractivity contribution in [3.05, 3.63) is 37.1 Å². The molecule has 0 aromatic carbocycles. The number of hydrogen-bond donors (Lipinski definition) is 1. The van der Waals surface area contributed by atoms with Gasteiger partial charge in [-0.15, -0.1) is 0 Å². The number of pyridine rings is 1. The molecule has 0 fully saturated rings. The lowest BCUT2D eigenvalue weighted by Crippen LogP contribution is -1.98. The Morgan fingerprint density at radius 2 is 2.00 bits per heavy atom. The van der Waals surface area contributed by atoms with Crippen LogP contribution in [0, 0.1) is 18.5 Å². The number of H-pyrrole nitrogens is 1. The molecule has 2 aromatic rings. The van der Waals surface area contributed by atoms with Crippen molar-refractivity contribution in [3.63, 3.8) is 0 Å². The molecular weight excluding hydrogens is 366 g/mol. The normalized spacial score (nSPS) is 10.6. The third kappa shape index (κ3) is 2.64.